The van der Waals surface area contributed by atoms with Gasteiger partial charge in [-0.3, -0.25) is 9.69 Å². The van der Waals surface area contributed by atoms with Crippen LogP contribution in [0.5, 0.6) is 0 Å². The van der Waals surface area contributed by atoms with Gasteiger partial charge in [-0.05, 0) is 46.1 Å². The molecule has 0 N–H and O–H groups in total. The number of hydrogen-bond donors (Lipinski definition) is 0. The number of carbonyl (C=O) groups is 1. The van der Waals surface area contributed by atoms with Crippen molar-refractivity contribution in [2.75, 3.05) is 19.8 Å². The van der Waals surface area contributed by atoms with Crippen molar-refractivity contribution in [2.45, 2.75) is 70.6 Å². The first-order valence-corrected chi connectivity index (χ1v) is 7.61. The van der Waals surface area contributed by atoms with Gasteiger partial charge in [0.05, 0.1) is 12.7 Å². The van der Waals surface area contributed by atoms with E-state index < -0.39 is 0 Å². The molecule has 2 fully saturated rings. The molecule has 0 saturated carbocycles. The van der Waals surface area contributed by atoms with Crippen LogP contribution in [-0.4, -0.2) is 48.3 Å². The highest BCUT2D eigenvalue weighted by atomic mass is 16.5. The summed E-state index contributed by atoms with van der Waals surface area (Å²) in [6.07, 6.45) is 5.51. The Morgan fingerprint density at radius 1 is 1.42 bits per heavy atom. The Labute approximate surface area is 116 Å². The van der Waals surface area contributed by atoms with Crippen LogP contribution in [0, 0.1) is 0 Å². The molecule has 0 amide bonds. The largest absolute Gasteiger partial charge is 0.464 e. The SMILES string of the molecule is CCC(=O)OC[C@H]1CCC2(COC(C)C)CCCN12. The Kier molecular flexibility index (Phi) is 4.85. The number of ether oxygens (including phenoxy) is 2. The van der Waals surface area contributed by atoms with Crippen LogP contribution in [0.4, 0.5) is 0 Å². The molecule has 1 unspecified atom stereocenters. The zero-order valence-corrected chi connectivity index (χ0v) is 12.5. The molecule has 19 heavy (non-hydrogen) atoms. The number of nitrogens with zero attached hydrogens (tertiary/aromatic N) is 1. The molecule has 0 aromatic rings. The van der Waals surface area contributed by atoms with E-state index in [1.807, 2.05) is 6.92 Å². The zero-order valence-electron chi connectivity index (χ0n) is 12.5. The topological polar surface area (TPSA) is 38.8 Å². The summed E-state index contributed by atoms with van der Waals surface area (Å²) in [5.74, 6) is -0.0878. The minimum Gasteiger partial charge on any atom is -0.464 e. The monoisotopic (exact) mass is 269 g/mol. The van der Waals surface area contributed by atoms with Crippen molar-refractivity contribution in [1.82, 2.24) is 4.90 Å². The van der Waals surface area contributed by atoms with Crippen molar-refractivity contribution in [1.29, 1.82) is 0 Å². The minimum absolute atomic E-state index is 0.0878. The summed E-state index contributed by atoms with van der Waals surface area (Å²) in [6.45, 7) is 8.51. The van der Waals surface area contributed by atoms with Crippen molar-refractivity contribution >= 4 is 5.97 Å². The molecule has 4 heteroatoms. The van der Waals surface area contributed by atoms with Crippen LogP contribution in [-0.2, 0) is 14.3 Å². The van der Waals surface area contributed by atoms with Gasteiger partial charge in [0.2, 0.25) is 0 Å². The third-order valence-electron chi connectivity index (χ3n) is 4.44. The molecule has 0 aromatic heterocycles. The second-order valence-corrected chi connectivity index (χ2v) is 6.11. The average Bonchev–Trinajstić information content (AvgIpc) is 2.93. The van der Waals surface area contributed by atoms with Gasteiger partial charge in [-0.1, -0.05) is 6.92 Å². The lowest BCUT2D eigenvalue weighted by Gasteiger charge is -2.35. The Balaban J connectivity index is 1.90. The third-order valence-corrected chi connectivity index (χ3v) is 4.44. The fourth-order valence-electron chi connectivity index (χ4n) is 3.40. The Hall–Kier alpha value is -0.610. The van der Waals surface area contributed by atoms with E-state index >= 15 is 0 Å². The molecule has 2 aliphatic heterocycles. The maximum Gasteiger partial charge on any atom is 0.305 e. The van der Waals surface area contributed by atoms with Gasteiger partial charge in [0, 0.05) is 18.0 Å². The number of rotatable bonds is 6. The van der Waals surface area contributed by atoms with Crippen LogP contribution in [0.1, 0.15) is 52.9 Å². The minimum atomic E-state index is -0.0878. The molecule has 4 nitrogen and oxygen atoms in total. The molecule has 2 aliphatic rings. The number of hydrogen-bond acceptors (Lipinski definition) is 4. The Morgan fingerprint density at radius 2 is 2.21 bits per heavy atom. The van der Waals surface area contributed by atoms with Crippen LogP contribution in [0.2, 0.25) is 0 Å². The molecule has 0 aromatic carbocycles. The first-order chi connectivity index (χ1) is 9.07. The van der Waals surface area contributed by atoms with Gasteiger partial charge in [-0.15, -0.1) is 0 Å². The van der Waals surface area contributed by atoms with E-state index in [9.17, 15) is 4.79 Å². The summed E-state index contributed by atoms with van der Waals surface area (Å²) < 4.78 is 11.2. The van der Waals surface area contributed by atoms with Gasteiger partial charge in [0.1, 0.15) is 6.61 Å². The van der Waals surface area contributed by atoms with Gasteiger partial charge >= 0.3 is 5.97 Å². The van der Waals surface area contributed by atoms with E-state index in [1.165, 1.54) is 19.3 Å². The molecule has 2 heterocycles. The van der Waals surface area contributed by atoms with Crippen LogP contribution in [0.25, 0.3) is 0 Å². The van der Waals surface area contributed by atoms with E-state index in [0.29, 0.717) is 19.1 Å². The molecule has 2 saturated heterocycles. The summed E-state index contributed by atoms with van der Waals surface area (Å²) in [5, 5.41) is 0. The van der Waals surface area contributed by atoms with Gasteiger partial charge in [-0.2, -0.15) is 0 Å². The van der Waals surface area contributed by atoms with Gasteiger partial charge in [0.15, 0.2) is 0 Å². The Bertz CT molecular complexity index is 319. The predicted octanol–water partition coefficient (Wildman–Crippen LogP) is 2.36. The molecule has 0 aliphatic carbocycles. The summed E-state index contributed by atoms with van der Waals surface area (Å²) in [7, 11) is 0. The van der Waals surface area contributed by atoms with Crippen LogP contribution in [0.15, 0.2) is 0 Å². The number of fused-ring (bicyclic) bond motifs is 1. The van der Waals surface area contributed by atoms with Crippen LogP contribution in [0.3, 0.4) is 0 Å². The molecule has 0 spiro atoms. The fraction of sp³-hybridized carbons (Fsp3) is 0.933. The third kappa shape index (κ3) is 3.29. The summed E-state index contributed by atoms with van der Waals surface area (Å²) in [5.41, 5.74) is 0.216. The molecule has 0 radical (unpaired) electrons. The second kappa shape index (κ2) is 6.23. The summed E-state index contributed by atoms with van der Waals surface area (Å²) in [4.78, 5) is 13.8. The highest BCUT2D eigenvalue weighted by Gasteiger charge is 2.49. The highest BCUT2D eigenvalue weighted by Crippen LogP contribution is 2.42. The van der Waals surface area contributed by atoms with E-state index in [2.05, 4.69) is 18.7 Å². The van der Waals surface area contributed by atoms with Gasteiger partial charge in [-0.25, -0.2) is 0 Å². The normalized spacial score (nSPS) is 30.8. The van der Waals surface area contributed by atoms with E-state index in [-0.39, 0.29) is 17.6 Å². The van der Waals surface area contributed by atoms with Crippen molar-refractivity contribution < 1.29 is 14.3 Å². The molecular formula is C15H27NO3. The summed E-state index contributed by atoms with van der Waals surface area (Å²) in [6, 6.07) is 0.397. The lowest BCUT2D eigenvalue weighted by atomic mass is 9.95. The maximum atomic E-state index is 11.3. The molecule has 2 rings (SSSR count). The van der Waals surface area contributed by atoms with Crippen LogP contribution < -0.4 is 0 Å². The lowest BCUT2D eigenvalue weighted by molar-refractivity contribution is -0.145. The predicted molar refractivity (Wildman–Crippen MR) is 74.0 cm³/mol. The highest BCUT2D eigenvalue weighted by molar-refractivity contribution is 5.68. The van der Waals surface area contributed by atoms with E-state index in [1.54, 1.807) is 0 Å². The van der Waals surface area contributed by atoms with Gasteiger partial charge in [0.25, 0.3) is 0 Å². The van der Waals surface area contributed by atoms with E-state index in [0.717, 1.165) is 19.6 Å². The Morgan fingerprint density at radius 3 is 2.89 bits per heavy atom. The average molecular weight is 269 g/mol. The zero-order chi connectivity index (χ0) is 13.9. The summed E-state index contributed by atoms with van der Waals surface area (Å²) >= 11 is 0. The molecule has 110 valence electrons. The van der Waals surface area contributed by atoms with Gasteiger partial charge < -0.3 is 9.47 Å². The van der Waals surface area contributed by atoms with Crippen molar-refractivity contribution in [3.63, 3.8) is 0 Å². The second-order valence-electron chi connectivity index (χ2n) is 6.11. The quantitative estimate of drug-likeness (QED) is 0.694. The first-order valence-electron chi connectivity index (χ1n) is 7.61. The standard InChI is InChI=1S/C15H27NO3/c1-4-14(17)18-10-13-6-8-15(11-19-12(2)3)7-5-9-16(13)15/h12-13H,4-11H2,1-3H3/t13-,15?/m1/s1. The number of carbonyl (C=O) groups excluding carboxylic acids is 1. The molecular weight excluding hydrogens is 242 g/mol. The smallest absolute Gasteiger partial charge is 0.305 e. The van der Waals surface area contributed by atoms with Crippen molar-refractivity contribution in [3.8, 4) is 0 Å². The molecule has 0 bridgehead atoms. The van der Waals surface area contributed by atoms with Crippen LogP contribution >= 0.6 is 0 Å². The first kappa shape index (κ1) is 14.8. The maximum absolute atomic E-state index is 11.3. The molecule has 2 atom stereocenters. The fourth-order valence-corrected chi connectivity index (χ4v) is 3.40. The van der Waals surface area contributed by atoms with E-state index in [4.69, 9.17) is 9.47 Å². The number of esters is 1. The van der Waals surface area contributed by atoms with Crippen molar-refractivity contribution in [2.24, 2.45) is 0 Å². The lowest BCUT2D eigenvalue weighted by Crippen LogP contribution is -2.47. The van der Waals surface area contributed by atoms with Crippen molar-refractivity contribution in [3.05, 3.63) is 0 Å².